The minimum atomic E-state index is -0.441. The van der Waals surface area contributed by atoms with Gasteiger partial charge in [-0.05, 0) is 44.0 Å². The van der Waals surface area contributed by atoms with E-state index in [-0.39, 0.29) is 17.7 Å². The van der Waals surface area contributed by atoms with Gasteiger partial charge < -0.3 is 16.0 Å². The molecule has 2 amide bonds. The van der Waals surface area contributed by atoms with Gasteiger partial charge in [0.15, 0.2) is 0 Å². The third-order valence-electron chi connectivity index (χ3n) is 4.38. The highest BCUT2D eigenvalue weighted by Crippen LogP contribution is 2.32. The van der Waals surface area contributed by atoms with Gasteiger partial charge in [-0.25, -0.2) is 0 Å². The Bertz CT molecular complexity index is 550. The summed E-state index contributed by atoms with van der Waals surface area (Å²) in [6.45, 7) is 1.95. The van der Waals surface area contributed by atoms with E-state index in [2.05, 4.69) is 5.32 Å². The topological polar surface area (TPSA) is 75.4 Å². The first-order valence-electron chi connectivity index (χ1n) is 7.73. The van der Waals surface area contributed by atoms with Crippen LogP contribution < -0.4 is 11.1 Å². The Labute approximate surface area is 131 Å². The summed E-state index contributed by atoms with van der Waals surface area (Å²) >= 11 is 0. The van der Waals surface area contributed by atoms with Crippen LogP contribution in [-0.4, -0.2) is 36.3 Å². The molecule has 1 aliphatic rings. The fourth-order valence-electron chi connectivity index (χ4n) is 2.97. The average molecular weight is 303 g/mol. The minimum Gasteiger partial charge on any atom is -0.345 e. The van der Waals surface area contributed by atoms with Crippen molar-refractivity contribution in [2.45, 2.75) is 38.1 Å². The van der Waals surface area contributed by atoms with Crippen LogP contribution in [0, 0.1) is 5.92 Å². The molecule has 0 bridgehead atoms. The van der Waals surface area contributed by atoms with Gasteiger partial charge in [0.05, 0.1) is 5.92 Å². The zero-order chi connectivity index (χ0) is 16.3. The lowest BCUT2D eigenvalue weighted by Gasteiger charge is -2.37. The van der Waals surface area contributed by atoms with E-state index in [0.717, 1.165) is 25.7 Å². The maximum atomic E-state index is 12.4. The number of nitrogens with one attached hydrogen (secondary N) is 1. The van der Waals surface area contributed by atoms with Gasteiger partial charge in [0.2, 0.25) is 5.91 Å². The second kappa shape index (κ2) is 6.48. The summed E-state index contributed by atoms with van der Waals surface area (Å²) < 4.78 is 0. The molecule has 3 N–H and O–H groups in total. The van der Waals surface area contributed by atoms with Crippen molar-refractivity contribution in [1.82, 2.24) is 4.90 Å². The van der Waals surface area contributed by atoms with Gasteiger partial charge >= 0.3 is 0 Å². The molecule has 0 radical (unpaired) electrons. The lowest BCUT2D eigenvalue weighted by atomic mass is 9.74. The zero-order valence-corrected chi connectivity index (χ0v) is 13.6. The van der Waals surface area contributed by atoms with E-state index >= 15 is 0 Å². The van der Waals surface area contributed by atoms with Gasteiger partial charge in [-0.3, -0.25) is 9.59 Å². The number of amides is 2. The monoisotopic (exact) mass is 303 g/mol. The normalized spacial score (nSPS) is 24.6. The van der Waals surface area contributed by atoms with Gasteiger partial charge in [0, 0.05) is 30.9 Å². The number of nitrogens with zero attached hydrogens (tertiary/aromatic N) is 1. The van der Waals surface area contributed by atoms with Crippen LogP contribution in [0.1, 0.15) is 43.0 Å². The first kappa shape index (κ1) is 16.5. The first-order chi connectivity index (χ1) is 10.3. The third-order valence-corrected chi connectivity index (χ3v) is 4.38. The molecular weight excluding hydrogens is 278 g/mol. The predicted molar refractivity (Wildman–Crippen MR) is 87.6 cm³/mol. The van der Waals surface area contributed by atoms with Crippen LogP contribution in [0.4, 0.5) is 5.69 Å². The Morgan fingerprint density at radius 3 is 2.41 bits per heavy atom. The van der Waals surface area contributed by atoms with Crippen LogP contribution >= 0.6 is 0 Å². The van der Waals surface area contributed by atoms with E-state index in [1.165, 1.54) is 4.90 Å². The largest absolute Gasteiger partial charge is 0.345 e. The van der Waals surface area contributed by atoms with Crippen molar-refractivity contribution < 1.29 is 9.59 Å². The molecule has 5 nitrogen and oxygen atoms in total. The molecule has 0 saturated heterocycles. The van der Waals surface area contributed by atoms with Crippen molar-refractivity contribution in [3.63, 3.8) is 0 Å². The fourth-order valence-corrected chi connectivity index (χ4v) is 2.97. The van der Waals surface area contributed by atoms with Gasteiger partial charge in [0.1, 0.15) is 0 Å². The fraction of sp³-hybridized carbons (Fsp3) is 0.529. The molecule has 1 aromatic rings. The van der Waals surface area contributed by atoms with Crippen LogP contribution in [0.3, 0.4) is 0 Å². The first-order valence-corrected chi connectivity index (χ1v) is 7.73. The standard InChI is InChI=1S/C17H25N3O2/c1-17(18)11-5-4-6-14(17)15(21)19-13-9-7-12(8-10-13)16(22)20(2)3/h7-10,14H,4-6,11,18H2,1-3H3,(H,19,21). The second-order valence-corrected chi connectivity index (χ2v) is 6.57. The van der Waals surface area contributed by atoms with Crippen LogP contribution in [0.25, 0.3) is 0 Å². The molecule has 0 aliphatic heterocycles. The Morgan fingerprint density at radius 2 is 1.86 bits per heavy atom. The summed E-state index contributed by atoms with van der Waals surface area (Å²) in [5, 5.41) is 2.92. The van der Waals surface area contributed by atoms with Gasteiger partial charge in [-0.2, -0.15) is 0 Å². The highest BCUT2D eigenvalue weighted by molar-refractivity contribution is 5.96. The van der Waals surface area contributed by atoms with Crippen LogP contribution in [0.15, 0.2) is 24.3 Å². The highest BCUT2D eigenvalue weighted by atomic mass is 16.2. The molecule has 1 aromatic carbocycles. The Morgan fingerprint density at radius 1 is 1.23 bits per heavy atom. The van der Waals surface area contributed by atoms with E-state index in [4.69, 9.17) is 5.73 Å². The summed E-state index contributed by atoms with van der Waals surface area (Å²) in [5.41, 5.74) is 7.12. The number of nitrogens with two attached hydrogens (primary N) is 1. The van der Waals surface area contributed by atoms with E-state index in [1.54, 1.807) is 38.4 Å². The van der Waals surface area contributed by atoms with Crippen molar-refractivity contribution >= 4 is 17.5 Å². The summed E-state index contributed by atoms with van der Waals surface area (Å²) in [5.74, 6) is -0.250. The molecule has 5 heteroatoms. The Kier molecular flexibility index (Phi) is 4.86. The average Bonchev–Trinajstić information content (AvgIpc) is 2.46. The third kappa shape index (κ3) is 3.65. The number of anilines is 1. The number of carbonyl (C=O) groups excluding carboxylic acids is 2. The summed E-state index contributed by atoms with van der Waals surface area (Å²) in [7, 11) is 3.42. The number of rotatable bonds is 3. The minimum absolute atomic E-state index is 0.0311. The van der Waals surface area contributed by atoms with E-state index in [0.29, 0.717) is 11.3 Å². The van der Waals surface area contributed by atoms with E-state index < -0.39 is 5.54 Å². The predicted octanol–water partition coefficient (Wildman–Crippen LogP) is 2.23. The van der Waals surface area contributed by atoms with Crippen LogP contribution in [0.5, 0.6) is 0 Å². The number of benzene rings is 1. The number of hydrogen-bond acceptors (Lipinski definition) is 3. The van der Waals surface area contributed by atoms with Gasteiger partial charge in [0.25, 0.3) is 5.91 Å². The molecule has 0 heterocycles. The molecule has 1 aliphatic carbocycles. The lowest BCUT2D eigenvalue weighted by Crippen LogP contribution is -2.51. The summed E-state index contributed by atoms with van der Waals surface area (Å²) in [6.07, 6.45) is 3.83. The number of hydrogen-bond donors (Lipinski definition) is 2. The second-order valence-electron chi connectivity index (χ2n) is 6.57. The summed E-state index contributed by atoms with van der Waals surface area (Å²) in [4.78, 5) is 25.8. The zero-order valence-electron chi connectivity index (χ0n) is 13.6. The van der Waals surface area contributed by atoms with Gasteiger partial charge in [-0.15, -0.1) is 0 Å². The molecule has 0 aromatic heterocycles. The molecule has 2 rings (SSSR count). The molecule has 22 heavy (non-hydrogen) atoms. The van der Waals surface area contributed by atoms with Crippen molar-refractivity contribution in [2.24, 2.45) is 11.7 Å². The maximum absolute atomic E-state index is 12.4. The molecule has 120 valence electrons. The molecule has 2 unspecified atom stereocenters. The van der Waals surface area contributed by atoms with Crippen LogP contribution in [0.2, 0.25) is 0 Å². The van der Waals surface area contributed by atoms with Crippen molar-refractivity contribution in [3.05, 3.63) is 29.8 Å². The van der Waals surface area contributed by atoms with Crippen molar-refractivity contribution in [1.29, 1.82) is 0 Å². The van der Waals surface area contributed by atoms with E-state index in [9.17, 15) is 9.59 Å². The smallest absolute Gasteiger partial charge is 0.253 e. The number of carbonyl (C=O) groups is 2. The van der Waals surface area contributed by atoms with Crippen molar-refractivity contribution in [3.8, 4) is 0 Å². The summed E-state index contributed by atoms with van der Waals surface area (Å²) in [6, 6.07) is 6.96. The SMILES string of the molecule is CN(C)C(=O)c1ccc(NC(=O)C2CCCCC2(C)N)cc1. The van der Waals surface area contributed by atoms with Crippen LogP contribution in [-0.2, 0) is 4.79 Å². The van der Waals surface area contributed by atoms with Crippen molar-refractivity contribution in [2.75, 3.05) is 19.4 Å². The Balaban J connectivity index is 2.04. The Hall–Kier alpha value is -1.88. The lowest BCUT2D eigenvalue weighted by molar-refractivity contribution is -0.122. The molecule has 2 atom stereocenters. The van der Waals surface area contributed by atoms with E-state index in [1.807, 2.05) is 6.92 Å². The maximum Gasteiger partial charge on any atom is 0.253 e. The molecule has 1 fully saturated rings. The van der Waals surface area contributed by atoms with Gasteiger partial charge in [-0.1, -0.05) is 12.8 Å². The quantitative estimate of drug-likeness (QED) is 0.899. The highest BCUT2D eigenvalue weighted by Gasteiger charge is 2.37. The molecule has 1 saturated carbocycles. The molecule has 0 spiro atoms. The molecular formula is C17H25N3O2.